The average Bonchev–Trinajstić information content (AvgIpc) is 3.71. The Morgan fingerprint density at radius 1 is 0.352 bits per heavy atom. The van der Waals surface area contributed by atoms with Crippen LogP contribution in [0.2, 0.25) is 0 Å². The molecule has 0 saturated carbocycles. The largest absolute Gasteiger partial charge is 0.456 e. The van der Waals surface area contributed by atoms with Gasteiger partial charge in [0.1, 0.15) is 11.2 Å². The van der Waals surface area contributed by atoms with Gasteiger partial charge in [-0.25, -0.2) is 0 Å². The molecule has 8 aromatic carbocycles. The van der Waals surface area contributed by atoms with Gasteiger partial charge < -0.3 is 14.2 Å². The minimum Gasteiger partial charge on any atom is -0.456 e. The zero-order chi connectivity index (χ0) is 36.2. The van der Waals surface area contributed by atoms with Gasteiger partial charge in [-0.05, 0) is 112 Å². The molecule has 0 amide bonds. The Balaban J connectivity index is 0.986. The van der Waals surface area contributed by atoms with E-state index in [1.807, 2.05) is 12.1 Å². The average molecular weight is 695 g/mol. The smallest absolute Gasteiger partial charge is 0.137 e. The molecule has 3 heteroatoms. The summed E-state index contributed by atoms with van der Waals surface area (Å²) in [6.45, 7) is 4.68. The van der Waals surface area contributed by atoms with Gasteiger partial charge in [-0.1, -0.05) is 123 Å². The van der Waals surface area contributed by atoms with Gasteiger partial charge >= 0.3 is 0 Å². The fourth-order valence-electron chi connectivity index (χ4n) is 8.34. The Morgan fingerprint density at radius 2 is 0.815 bits per heavy atom. The molecule has 0 fully saturated rings. The summed E-state index contributed by atoms with van der Waals surface area (Å²) in [5, 5.41) is 2.26. The van der Waals surface area contributed by atoms with E-state index in [0.717, 1.165) is 61.6 Å². The lowest BCUT2D eigenvalue weighted by atomic mass is 9.82. The van der Waals surface area contributed by atoms with E-state index in [4.69, 9.17) is 4.42 Å². The highest BCUT2D eigenvalue weighted by molar-refractivity contribution is 6.06. The number of anilines is 6. The van der Waals surface area contributed by atoms with Gasteiger partial charge in [-0.15, -0.1) is 0 Å². The first-order chi connectivity index (χ1) is 26.5. The summed E-state index contributed by atoms with van der Waals surface area (Å²) in [5.41, 5.74) is 16.1. The summed E-state index contributed by atoms with van der Waals surface area (Å²) in [6, 6.07) is 69.5. The predicted molar refractivity (Wildman–Crippen MR) is 226 cm³/mol. The fourth-order valence-corrected chi connectivity index (χ4v) is 8.34. The minimum atomic E-state index is -0.0728. The molecule has 0 aliphatic heterocycles. The van der Waals surface area contributed by atoms with Crippen LogP contribution >= 0.6 is 0 Å². The molecule has 0 radical (unpaired) electrons. The van der Waals surface area contributed by atoms with Crippen molar-refractivity contribution in [3.05, 3.63) is 205 Å². The normalized spacial score (nSPS) is 12.8. The number of furan rings is 1. The summed E-state index contributed by atoms with van der Waals surface area (Å²) in [5.74, 6) is 0. The lowest BCUT2D eigenvalue weighted by Gasteiger charge is -2.28. The first kappa shape index (κ1) is 31.9. The van der Waals surface area contributed by atoms with Crippen LogP contribution in [0.3, 0.4) is 0 Å². The van der Waals surface area contributed by atoms with Crippen LogP contribution in [0.15, 0.2) is 199 Å². The van der Waals surface area contributed by atoms with Crippen LogP contribution in [-0.4, -0.2) is 0 Å². The number of rotatable bonds is 7. The van der Waals surface area contributed by atoms with Crippen molar-refractivity contribution < 1.29 is 4.42 Å². The lowest BCUT2D eigenvalue weighted by Crippen LogP contribution is -2.16. The maximum atomic E-state index is 6.29. The van der Waals surface area contributed by atoms with E-state index >= 15 is 0 Å². The van der Waals surface area contributed by atoms with Crippen molar-refractivity contribution >= 4 is 56.1 Å². The Kier molecular flexibility index (Phi) is 7.48. The Bertz CT molecular complexity index is 2780. The molecular formula is C51H38N2O. The predicted octanol–water partition coefficient (Wildman–Crippen LogP) is 14.5. The minimum absolute atomic E-state index is 0.0728. The molecule has 9 aromatic rings. The molecule has 1 aliphatic carbocycles. The summed E-state index contributed by atoms with van der Waals surface area (Å²) < 4.78 is 6.29. The second-order valence-corrected chi connectivity index (χ2v) is 14.6. The molecular weight excluding hydrogens is 657 g/mol. The quantitative estimate of drug-likeness (QED) is 0.166. The van der Waals surface area contributed by atoms with Crippen LogP contribution in [0.25, 0.3) is 44.2 Å². The zero-order valence-electron chi connectivity index (χ0n) is 30.3. The van der Waals surface area contributed by atoms with Crippen molar-refractivity contribution in [2.24, 2.45) is 0 Å². The number of benzene rings is 8. The molecule has 0 bridgehead atoms. The number of hydrogen-bond donors (Lipinski definition) is 0. The number of fused-ring (bicyclic) bond motifs is 6. The summed E-state index contributed by atoms with van der Waals surface area (Å²) in [6.07, 6.45) is 0. The number of nitrogens with zero attached hydrogens (tertiary/aromatic N) is 2. The highest BCUT2D eigenvalue weighted by atomic mass is 16.3. The molecule has 1 aliphatic rings. The Hall–Kier alpha value is -6.84. The number of hydrogen-bond acceptors (Lipinski definition) is 3. The van der Waals surface area contributed by atoms with Crippen molar-refractivity contribution in [3.63, 3.8) is 0 Å². The lowest BCUT2D eigenvalue weighted by molar-refractivity contribution is 0.660. The standard InChI is InChI=1S/C51H38N2O/c1-51(2)47-19-11-9-17-43(47)44-31-29-41(33-48(44)51)52(37-13-5-3-6-14-37)39-25-21-35(22-26-39)36-23-27-40(28-24-36)53(38-15-7-4-8-16-38)42-30-32-46-45-18-10-12-20-49(45)54-50(46)34-42/h3-34H,1-2H3. The first-order valence-electron chi connectivity index (χ1n) is 18.6. The Morgan fingerprint density at radius 3 is 1.46 bits per heavy atom. The molecule has 0 spiro atoms. The van der Waals surface area contributed by atoms with Crippen molar-refractivity contribution in [2.45, 2.75) is 19.3 Å². The topological polar surface area (TPSA) is 19.6 Å². The highest BCUT2D eigenvalue weighted by Crippen LogP contribution is 2.50. The van der Waals surface area contributed by atoms with Crippen LogP contribution < -0.4 is 9.80 Å². The van der Waals surface area contributed by atoms with Gasteiger partial charge in [-0.2, -0.15) is 0 Å². The van der Waals surface area contributed by atoms with E-state index in [0.29, 0.717) is 0 Å². The number of para-hydroxylation sites is 3. The molecule has 0 unspecified atom stereocenters. The zero-order valence-corrected chi connectivity index (χ0v) is 30.3. The van der Waals surface area contributed by atoms with Gasteiger partial charge in [0.2, 0.25) is 0 Å². The fraction of sp³-hybridized carbons (Fsp3) is 0.0588. The third-order valence-corrected chi connectivity index (χ3v) is 11.1. The van der Waals surface area contributed by atoms with E-state index < -0.39 is 0 Å². The van der Waals surface area contributed by atoms with Crippen molar-refractivity contribution in [2.75, 3.05) is 9.80 Å². The Labute approximate surface area is 316 Å². The third kappa shape index (κ3) is 5.28. The molecule has 258 valence electrons. The molecule has 3 nitrogen and oxygen atoms in total. The van der Waals surface area contributed by atoms with Crippen LogP contribution in [0.4, 0.5) is 34.1 Å². The van der Waals surface area contributed by atoms with E-state index in [9.17, 15) is 0 Å². The third-order valence-electron chi connectivity index (χ3n) is 11.1. The highest BCUT2D eigenvalue weighted by Gasteiger charge is 2.35. The van der Waals surface area contributed by atoms with Gasteiger partial charge in [0.15, 0.2) is 0 Å². The van der Waals surface area contributed by atoms with Gasteiger partial charge in [0, 0.05) is 56.4 Å². The monoisotopic (exact) mass is 694 g/mol. The second kappa shape index (κ2) is 12.7. The van der Waals surface area contributed by atoms with Crippen LogP contribution in [0, 0.1) is 0 Å². The maximum absolute atomic E-state index is 6.29. The molecule has 54 heavy (non-hydrogen) atoms. The van der Waals surface area contributed by atoms with Crippen molar-refractivity contribution in [1.82, 2.24) is 0 Å². The molecule has 0 N–H and O–H groups in total. The van der Waals surface area contributed by atoms with Crippen molar-refractivity contribution in [3.8, 4) is 22.3 Å². The van der Waals surface area contributed by atoms with Crippen LogP contribution in [0.1, 0.15) is 25.0 Å². The molecule has 1 heterocycles. The van der Waals surface area contributed by atoms with E-state index in [1.54, 1.807) is 0 Å². The summed E-state index contributed by atoms with van der Waals surface area (Å²) in [7, 11) is 0. The first-order valence-corrected chi connectivity index (χ1v) is 18.6. The molecule has 0 saturated heterocycles. The second-order valence-electron chi connectivity index (χ2n) is 14.6. The summed E-state index contributed by atoms with van der Waals surface area (Å²) in [4.78, 5) is 4.65. The maximum Gasteiger partial charge on any atom is 0.137 e. The van der Waals surface area contributed by atoms with Gasteiger partial charge in [0.05, 0.1) is 0 Å². The molecule has 10 rings (SSSR count). The summed E-state index contributed by atoms with van der Waals surface area (Å²) >= 11 is 0. The van der Waals surface area contributed by atoms with Gasteiger partial charge in [0.25, 0.3) is 0 Å². The SMILES string of the molecule is CC1(C)c2ccccc2-c2ccc(N(c3ccccc3)c3ccc(-c4ccc(N(c5ccccc5)c5ccc6c(c5)oc5ccccc56)cc4)cc3)cc21. The molecule has 0 atom stereocenters. The van der Waals surface area contributed by atoms with E-state index in [2.05, 4.69) is 206 Å². The van der Waals surface area contributed by atoms with Gasteiger partial charge in [-0.3, -0.25) is 0 Å². The van der Waals surface area contributed by atoms with Crippen LogP contribution in [0.5, 0.6) is 0 Å². The van der Waals surface area contributed by atoms with Crippen molar-refractivity contribution in [1.29, 1.82) is 0 Å². The van der Waals surface area contributed by atoms with E-state index in [-0.39, 0.29) is 5.41 Å². The molecule has 1 aromatic heterocycles. The van der Waals surface area contributed by atoms with Crippen LogP contribution in [-0.2, 0) is 5.41 Å². The van der Waals surface area contributed by atoms with E-state index in [1.165, 1.54) is 27.8 Å².